The molecule has 48 heavy (non-hydrogen) atoms. The van der Waals surface area contributed by atoms with Crippen molar-refractivity contribution in [1.29, 1.82) is 0 Å². The average Bonchev–Trinajstić information content (AvgIpc) is 3.09. The molecule has 11 heteroatoms. The largest absolute Gasteiger partial charge is 0.497 e. The van der Waals surface area contributed by atoms with Crippen LogP contribution < -0.4 is 4.74 Å². The molecule has 10 nitrogen and oxygen atoms in total. The van der Waals surface area contributed by atoms with Crippen LogP contribution in [0, 0.1) is 0 Å². The van der Waals surface area contributed by atoms with Gasteiger partial charge in [-0.15, -0.1) is 0 Å². The number of rotatable bonds is 14. The summed E-state index contributed by atoms with van der Waals surface area (Å²) in [6.07, 6.45) is -5.80. The summed E-state index contributed by atoms with van der Waals surface area (Å²) in [6, 6.07) is 27.5. The Morgan fingerprint density at radius 3 is 1.85 bits per heavy atom. The maximum absolute atomic E-state index is 12.2. The van der Waals surface area contributed by atoms with Gasteiger partial charge in [0.1, 0.15) is 41.7 Å². The third kappa shape index (κ3) is 9.16. The summed E-state index contributed by atoms with van der Waals surface area (Å²) < 4.78 is 56.0. The highest BCUT2D eigenvalue weighted by molar-refractivity contribution is 7.99. The lowest BCUT2D eigenvalue weighted by molar-refractivity contribution is -0.344. The van der Waals surface area contributed by atoms with Gasteiger partial charge in [0.2, 0.25) is 0 Å². The predicted octanol–water partition coefficient (Wildman–Crippen LogP) is 5.79. The van der Waals surface area contributed by atoms with E-state index in [0.717, 1.165) is 21.8 Å². The zero-order valence-corrected chi connectivity index (χ0v) is 29.1. The summed E-state index contributed by atoms with van der Waals surface area (Å²) in [5.74, 6) is 0.293. The SMILES string of the molecule is COc1ccc(CO[C@H]2[C@H](OC)[C@H](O[C@@H]3[C@@H](OCc4ccccc4)[C@H](C)O[C@@H](Sc4ccccc4)[C@@H]3OC)O[C@@H](C)[C@H]2OC(C)=O)cc1. The summed E-state index contributed by atoms with van der Waals surface area (Å²) in [4.78, 5) is 13.2. The molecule has 2 aliphatic rings. The monoisotopic (exact) mass is 682 g/mol. The molecule has 0 unspecified atom stereocenters. The Labute approximate surface area is 287 Å². The van der Waals surface area contributed by atoms with E-state index >= 15 is 0 Å². The summed E-state index contributed by atoms with van der Waals surface area (Å²) in [7, 11) is 4.82. The van der Waals surface area contributed by atoms with Crippen molar-refractivity contribution >= 4 is 17.7 Å². The van der Waals surface area contributed by atoms with E-state index in [1.54, 1.807) is 33.1 Å². The fourth-order valence-electron chi connectivity index (χ4n) is 6.04. The topological polar surface area (TPSA) is 100 Å². The Morgan fingerprint density at radius 2 is 1.25 bits per heavy atom. The first-order chi connectivity index (χ1) is 23.3. The van der Waals surface area contributed by atoms with Gasteiger partial charge in [0.05, 0.1) is 32.5 Å². The van der Waals surface area contributed by atoms with Crippen LogP contribution in [0.2, 0.25) is 0 Å². The van der Waals surface area contributed by atoms with Gasteiger partial charge >= 0.3 is 5.97 Å². The third-order valence-electron chi connectivity index (χ3n) is 8.47. The zero-order valence-electron chi connectivity index (χ0n) is 28.3. The normalized spacial score (nSPS) is 30.5. The van der Waals surface area contributed by atoms with E-state index < -0.39 is 60.4 Å². The summed E-state index contributed by atoms with van der Waals surface area (Å²) in [6.45, 7) is 5.76. The van der Waals surface area contributed by atoms with Crippen LogP contribution in [-0.2, 0) is 55.9 Å². The van der Waals surface area contributed by atoms with Crippen molar-refractivity contribution in [1.82, 2.24) is 0 Å². The molecule has 0 saturated carbocycles. The van der Waals surface area contributed by atoms with E-state index in [9.17, 15) is 4.79 Å². The van der Waals surface area contributed by atoms with E-state index in [-0.39, 0.29) is 12.7 Å². The van der Waals surface area contributed by atoms with Gasteiger partial charge in [-0.25, -0.2) is 0 Å². The number of benzene rings is 3. The lowest BCUT2D eigenvalue weighted by Crippen LogP contribution is -2.64. The molecule has 0 bridgehead atoms. The van der Waals surface area contributed by atoms with Crippen molar-refractivity contribution in [3.8, 4) is 5.75 Å². The van der Waals surface area contributed by atoms with Crippen molar-refractivity contribution in [3.63, 3.8) is 0 Å². The fraction of sp³-hybridized carbons (Fsp3) is 0.486. The Bertz CT molecular complexity index is 1390. The molecule has 3 aromatic carbocycles. The molecule has 2 saturated heterocycles. The molecule has 0 N–H and O–H groups in total. The van der Waals surface area contributed by atoms with Gasteiger partial charge in [-0.1, -0.05) is 72.4 Å². The molecule has 0 amide bonds. The second-order valence-electron chi connectivity index (χ2n) is 11.8. The van der Waals surface area contributed by atoms with Crippen molar-refractivity contribution in [3.05, 3.63) is 96.1 Å². The van der Waals surface area contributed by atoms with Crippen LogP contribution in [0.1, 0.15) is 31.9 Å². The molecule has 2 fully saturated rings. The minimum Gasteiger partial charge on any atom is -0.497 e. The lowest BCUT2D eigenvalue weighted by Gasteiger charge is -2.49. The van der Waals surface area contributed by atoms with Crippen molar-refractivity contribution < 1.29 is 47.4 Å². The van der Waals surface area contributed by atoms with E-state index in [2.05, 4.69) is 0 Å². The number of carbonyl (C=O) groups is 1. The Balaban J connectivity index is 1.42. The van der Waals surface area contributed by atoms with Gasteiger partial charge < -0.3 is 42.6 Å². The molecular weight excluding hydrogens is 636 g/mol. The molecule has 0 aliphatic carbocycles. The van der Waals surface area contributed by atoms with Crippen LogP contribution in [0.15, 0.2) is 89.8 Å². The Kier molecular flexibility index (Phi) is 13.3. The first-order valence-corrected chi connectivity index (χ1v) is 17.0. The average molecular weight is 683 g/mol. The van der Waals surface area contributed by atoms with Crippen LogP contribution in [0.4, 0.5) is 0 Å². The van der Waals surface area contributed by atoms with Crippen LogP contribution >= 0.6 is 11.8 Å². The van der Waals surface area contributed by atoms with Gasteiger partial charge in [0, 0.05) is 26.0 Å². The lowest BCUT2D eigenvalue weighted by atomic mass is 9.97. The van der Waals surface area contributed by atoms with E-state index in [4.69, 9.17) is 42.6 Å². The standard InChI is InChI=1S/C37H46O10S/c1-23-30(42-21-26-13-9-7-10-14-26)33(35(41-6)37(45-23)48-29-15-11-8-12-16-29)47-36-34(40-5)32(31(24(2)44-36)46-25(3)38)43-22-27-17-19-28(39-4)20-18-27/h7-20,23-24,30-37H,21-22H2,1-6H3/t23-,24-,30-,31+,32+,33+,34-,35+,36-,37-/m0/s1. The molecule has 10 atom stereocenters. The molecule has 5 rings (SSSR count). The van der Waals surface area contributed by atoms with E-state index in [1.165, 1.54) is 6.92 Å². The number of hydrogen-bond acceptors (Lipinski definition) is 11. The van der Waals surface area contributed by atoms with Gasteiger partial charge in [-0.3, -0.25) is 4.79 Å². The molecule has 2 heterocycles. The summed E-state index contributed by atoms with van der Waals surface area (Å²) >= 11 is 1.56. The molecule has 0 spiro atoms. The number of methoxy groups -OCH3 is 3. The maximum Gasteiger partial charge on any atom is 0.303 e. The van der Waals surface area contributed by atoms with Gasteiger partial charge in [0.25, 0.3) is 0 Å². The maximum atomic E-state index is 12.2. The highest BCUT2D eigenvalue weighted by atomic mass is 32.2. The number of carbonyl (C=O) groups excluding carboxylic acids is 1. The molecule has 0 radical (unpaired) electrons. The highest BCUT2D eigenvalue weighted by Crippen LogP contribution is 2.39. The third-order valence-corrected chi connectivity index (χ3v) is 9.63. The van der Waals surface area contributed by atoms with Crippen LogP contribution in [0.5, 0.6) is 5.75 Å². The highest BCUT2D eigenvalue weighted by Gasteiger charge is 2.53. The summed E-state index contributed by atoms with van der Waals surface area (Å²) in [5, 5.41) is 0. The predicted molar refractivity (Wildman–Crippen MR) is 180 cm³/mol. The fourth-order valence-corrected chi connectivity index (χ4v) is 7.26. The Hall–Kier alpha value is -3.00. The smallest absolute Gasteiger partial charge is 0.303 e. The molecule has 260 valence electrons. The van der Waals surface area contributed by atoms with Crippen molar-refractivity contribution in [2.45, 2.75) is 99.4 Å². The molecule has 3 aromatic rings. The number of esters is 1. The number of hydrogen-bond donors (Lipinski definition) is 0. The first-order valence-electron chi connectivity index (χ1n) is 16.1. The minimum absolute atomic E-state index is 0.235. The van der Waals surface area contributed by atoms with Crippen LogP contribution in [0.3, 0.4) is 0 Å². The second kappa shape index (κ2) is 17.6. The quantitative estimate of drug-likeness (QED) is 0.193. The zero-order chi connectivity index (χ0) is 34.0. The molecule has 0 aromatic heterocycles. The van der Waals surface area contributed by atoms with Gasteiger partial charge in [0.15, 0.2) is 12.4 Å². The first kappa shape index (κ1) is 36.3. The minimum atomic E-state index is -0.921. The van der Waals surface area contributed by atoms with Gasteiger partial charge in [-0.2, -0.15) is 0 Å². The second-order valence-corrected chi connectivity index (χ2v) is 13.0. The van der Waals surface area contributed by atoms with E-state index in [0.29, 0.717) is 6.61 Å². The van der Waals surface area contributed by atoms with Crippen LogP contribution in [0.25, 0.3) is 0 Å². The number of ether oxygens (including phenoxy) is 9. The van der Waals surface area contributed by atoms with Crippen molar-refractivity contribution in [2.24, 2.45) is 0 Å². The van der Waals surface area contributed by atoms with Gasteiger partial charge in [-0.05, 0) is 49.2 Å². The Morgan fingerprint density at radius 1 is 0.667 bits per heavy atom. The van der Waals surface area contributed by atoms with Crippen molar-refractivity contribution in [2.75, 3.05) is 21.3 Å². The molecule has 2 aliphatic heterocycles. The number of thioether (sulfide) groups is 1. The van der Waals surface area contributed by atoms with Crippen LogP contribution in [-0.4, -0.2) is 87.9 Å². The molecular formula is C37H46O10S. The summed E-state index contributed by atoms with van der Waals surface area (Å²) in [5.41, 5.74) is 1.52. The van der Waals surface area contributed by atoms with E-state index in [1.807, 2.05) is 98.8 Å².